The Morgan fingerprint density at radius 3 is 3.23 bits per heavy atom. The fourth-order valence-electron chi connectivity index (χ4n) is 2.90. The van der Waals surface area contributed by atoms with Gasteiger partial charge < -0.3 is 14.3 Å². The number of β-amino-alcohol motifs (C(OH)–C–C–N with tert-alkyl or cyclic N) is 1. The van der Waals surface area contributed by atoms with E-state index in [1.807, 2.05) is 16.8 Å². The molecule has 1 N–H and O–H groups in total. The Bertz CT molecular complexity index is 529. The summed E-state index contributed by atoms with van der Waals surface area (Å²) >= 11 is 0. The van der Waals surface area contributed by atoms with Crippen LogP contribution in [0.3, 0.4) is 0 Å². The predicted octanol–water partition coefficient (Wildman–Crippen LogP) is 0.913. The highest BCUT2D eigenvalue weighted by atomic mass is 16.5. The lowest BCUT2D eigenvalue weighted by Crippen LogP contribution is -2.40. The van der Waals surface area contributed by atoms with E-state index in [4.69, 9.17) is 9.15 Å². The lowest BCUT2D eigenvalue weighted by molar-refractivity contribution is 0.00212. The summed E-state index contributed by atoms with van der Waals surface area (Å²) in [5, 5.41) is 14.3. The molecule has 0 aliphatic carbocycles. The standard InChI is InChI=1S/C15H22N4O3/c20-14(9-21-10-15-4-2-6-22-15)8-18-5-1-3-13(18)7-19-12-16-11-17-19/h2,4,6,11-14,20H,1,3,5,7-10H2. The van der Waals surface area contributed by atoms with Gasteiger partial charge in [-0.25, -0.2) is 4.98 Å². The van der Waals surface area contributed by atoms with Gasteiger partial charge in [-0.1, -0.05) is 0 Å². The summed E-state index contributed by atoms with van der Waals surface area (Å²) in [6.07, 6.45) is 6.69. The Kier molecular flexibility index (Phi) is 5.20. The first-order valence-corrected chi connectivity index (χ1v) is 7.66. The van der Waals surface area contributed by atoms with E-state index < -0.39 is 6.10 Å². The van der Waals surface area contributed by atoms with Crippen molar-refractivity contribution >= 4 is 0 Å². The first-order chi connectivity index (χ1) is 10.8. The van der Waals surface area contributed by atoms with Crippen molar-refractivity contribution in [2.75, 3.05) is 19.7 Å². The molecule has 3 rings (SSSR count). The molecule has 0 spiro atoms. The van der Waals surface area contributed by atoms with Crippen LogP contribution in [0.25, 0.3) is 0 Å². The molecule has 7 heteroatoms. The van der Waals surface area contributed by atoms with E-state index in [9.17, 15) is 5.11 Å². The molecule has 22 heavy (non-hydrogen) atoms. The maximum atomic E-state index is 10.2. The monoisotopic (exact) mass is 306 g/mol. The van der Waals surface area contributed by atoms with Crippen molar-refractivity contribution in [1.82, 2.24) is 19.7 Å². The average Bonchev–Trinajstić information content (AvgIpc) is 3.23. The van der Waals surface area contributed by atoms with Crippen molar-refractivity contribution in [2.45, 2.75) is 38.1 Å². The molecule has 2 atom stereocenters. The highest BCUT2D eigenvalue weighted by molar-refractivity contribution is 4.96. The molecule has 1 aliphatic rings. The fourth-order valence-corrected chi connectivity index (χ4v) is 2.90. The topological polar surface area (TPSA) is 76.6 Å². The van der Waals surface area contributed by atoms with Gasteiger partial charge in [-0.2, -0.15) is 5.10 Å². The molecule has 7 nitrogen and oxygen atoms in total. The van der Waals surface area contributed by atoms with Gasteiger partial charge >= 0.3 is 0 Å². The molecule has 1 saturated heterocycles. The largest absolute Gasteiger partial charge is 0.467 e. The van der Waals surface area contributed by atoms with Crippen LogP contribution in [-0.4, -0.2) is 56.6 Å². The maximum Gasteiger partial charge on any atom is 0.137 e. The van der Waals surface area contributed by atoms with Crippen LogP contribution in [0.4, 0.5) is 0 Å². The van der Waals surface area contributed by atoms with Gasteiger partial charge in [-0.15, -0.1) is 0 Å². The third-order valence-corrected chi connectivity index (χ3v) is 3.94. The van der Waals surface area contributed by atoms with Crippen LogP contribution in [0.5, 0.6) is 0 Å². The van der Waals surface area contributed by atoms with Crippen LogP contribution in [-0.2, 0) is 17.9 Å². The Balaban J connectivity index is 1.40. The first kappa shape index (κ1) is 15.2. The molecular formula is C15H22N4O3. The van der Waals surface area contributed by atoms with Gasteiger partial charge in [0.1, 0.15) is 25.0 Å². The maximum absolute atomic E-state index is 10.2. The fraction of sp³-hybridized carbons (Fsp3) is 0.600. The SMILES string of the molecule is OC(COCc1ccco1)CN1CCCC1Cn1cncn1. The number of aromatic nitrogens is 3. The molecule has 120 valence electrons. The quantitative estimate of drug-likeness (QED) is 0.781. The van der Waals surface area contributed by atoms with Crippen LogP contribution < -0.4 is 0 Å². The van der Waals surface area contributed by atoms with Crippen molar-refractivity contribution in [1.29, 1.82) is 0 Å². The lowest BCUT2D eigenvalue weighted by atomic mass is 10.2. The zero-order valence-electron chi connectivity index (χ0n) is 12.5. The second kappa shape index (κ2) is 7.53. The van der Waals surface area contributed by atoms with Crippen molar-refractivity contribution in [2.24, 2.45) is 0 Å². The number of hydrogen-bond acceptors (Lipinski definition) is 6. The zero-order valence-corrected chi connectivity index (χ0v) is 12.5. The second-order valence-electron chi connectivity index (χ2n) is 5.66. The van der Waals surface area contributed by atoms with Crippen LogP contribution in [0.1, 0.15) is 18.6 Å². The molecule has 0 aromatic carbocycles. The highest BCUT2D eigenvalue weighted by Gasteiger charge is 2.26. The van der Waals surface area contributed by atoms with Gasteiger partial charge in [0.25, 0.3) is 0 Å². The molecule has 0 radical (unpaired) electrons. The molecule has 0 amide bonds. The Morgan fingerprint density at radius 1 is 1.50 bits per heavy atom. The number of aliphatic hydroxyl groups excluding tert-OH is 1. The van der Waals surface area contributed by atoms with E-state index in [0.717, 1.165) is 31.7 Å². The Labute approximate surface area is 129 Å². The van der Waals surface area contributed by atoms with Crippen LogP contribution in [0, 0.1) is 0 Å². The normalized spacial score (nSPS) is 20.5. The number of aliphatic hydroxyl groups is 1. The number of nitrogens with zero attached hydrogens (tertiary/aromatic N) is 4. The summed E-state index contributed by atoms with van der Waals surface area (Å²) < 4.78 is 12.5. The number of rotatable bonds is 8. The average molecular weight is 306 g/mol. The van der Waals surface area contributed by atoms with E-state index in [0.29, 0.717) is 25.8 Å². The minimum atomic E-state index is -0.494. The predicted molar refractivity (Wildman–Crippen MR) is 79.0 cm³/mol. The summed E-state index contributed by atoms with van der Waals surface area (Å²) in [5.74, 6) is 0.775. The molecule has 3 heterocycles. The lowest BCUT2D eigenvalue weighted by Gasteiger charge is -2.26. The molecule has 0 bridgehead atoms. The van der Waals surface area contributed by atoms with Gasteiger partial charge in [-0.3, -0.25) is 9.58 Å². The van der Waals surface area contributed by atoms with Gasteiger partial charge in [0.2, 0.25) is 0 Å². The molecular weight excluding hydrogens is 284 g/mol. The van der Waals surface area contributed by atoms with Crippen molar-refractivity contribution < 1.29 is 14.3 Å². The minimum Gasteiger partial charge on any atom is -0.467 e. The zero-order chi connectivity index (χ0) is 15.2. The number of ether oxygens (including phenoxy) is 1. The molecule has 0 saturated carbocycles. The molecule has 1 aliphatic heterocycles. The molecule has 2 aromatic rings. The van der Waals surface area contributed by atoms with Crippen molar-refractivity contribution in [3.8, 4) is 0 Å². The van der Waals surface area contributed by atoms with E-state index in [2.05, 4.69) is 15.0 Å². The summed E-state index contributed by atoms with van der Waals surface area (Å²) in [6.45, 7) is 3.16. The number of likely N-dealkylation sites (tertiary alicyclic amines) is 1. The number of furan rings is 1. The second-order valence-corrected chi connectivity index (χ2v) is 5.66. The first-order valence-electron chi connectivity index (χ1n) is 7.66. The van der Waals surface area contributed by atoms with E-state index in [1.54, 1.807) is 18.9 Å². The van der Waals surface area contributed by atoms with Gasteiger partial charge in [0.05, 0.1) is 25.5 Å². The van der Waals surface area contributed by atoms with E-state index in [-0.39, 0.29) is 0 Å². The minimum absolute atomic E-state index is 0.313. The third-order valence-electron chi connectivity index (χ3n) is 3.94. The third kappa shape index (κ3) is 4.16. The summed E-state index contributed by atoms with van der Waals surface area (Å²) in [7, 11) is 0. The summed E-state index contributed by atoms with van der Waals surface area (Å²) in [4.78, 5) is 6.28. The molecule has 2 unspecified atom stereocenters. The van der Waals surface area contributed by atoms with Gasteiger partial charge in [-0.05, 0) is 31.5 Å². The summed E-state index contributed by atoms with van der Waals surface area (Å²) in [5.41, 5.74) is 0. The number of hydrogen-bond donors (Lipinski definition) is 1. The van der Waals surface area contributed by atoms with Gasteiger partial charge in [0, 0.05) is 12.6 Å². The molecule has 2 aromatic heterocycles. The highest BCUT2D eigenvalue weighted by Crippen LogP contribution is 2.18. The van der Waals surface area contributed by atoms with Crippen molar-refractivity contribution in [3.05, 3.63) is 36.8 Å². The molecule has 1 fully saturated rings. The van der Waals surface area contributed by atoms with Crippen LogP contribution in [0.15, 0.2) is 35.5 Å². The van der Waals surface area contributed by atoms with Crippen molar-refractivity contribution in [3.63, 3.8) is 0 Å². The Morgan fingerprint density at radius 2 is 2.45 bits per heavy atom. The van der Waals surface area contributed by atoms with Gasteiger partial charge in [0.15, 0.2) is 0 Å². The van der Waals surface area contributed by atoms with E-state index >= 15 is 0 Å². The van der Waals surface area contributed by atoms with Crippen LogP contribution >= 0.6 is 0 Å². The van der Waals surface area contributed by atoms with Crippen LogP contribution in [0.2, 0.25) is 0 Å². The summed E-state index contributed by atoms with van der Waals surface area (Å²) in [6, 6.07) is 4.09. The van der Waals surface area contributed by atoms with E-state index in [1.165, 1.54) is 0 Å². The Hall–Kier alpha value is -1.70. The smallest absolute Gasteiger partial charge is 0.137 e.